The summed E-state index contributed by atoms with van der Waals surface area (Å²) >= 11 is 0. The summed E-state index contributed by atoms with van der Waals surface area (Å²) in [6.07, 6.45) is 6.10. The maximum absolute atomic E-state index is 12.7. The van der Waals surface area contributed by atoms with Crippen molar-refractivity contribution in [1.82, 2.24) is 14.5 Å². The van der Waals surface area contributed by atoms with Crippen molar-refractivity contribution in [3.63, 3.8) is 0 Å². The molecule has 4 rings (SSSR count). The maximum Gasteiger partial charge on any atom is 0.263 e. The van der Waals surface area contributed by atoms with Gasteiger partial charge in [-0.15, -0.1) is 0 Å². The highest BCUT2D eigenvalue weighted by Gasteiger charge is 2.34. The predicted octanol–water partition coefficient (Wildman–Crippen LogP) is 2.13. The quantitative estimate of drug-likeness (QED) is 0.853. The maximum atomic E-state index is 12.7. The van der Waals surface area contributed by atoms with Crippen LogP contribution >= 0.6 is 0 Å². The summed E-state index contributed by atoms with van der Waals surface area (Å²) in [5, 5.41) is 0. The fourth-order valence-electron chi connectivity index (χ4n) is 3.65. The van der Waals surface area contributed by atoms with Crippen LogP contribution in [0, 0.1) is 0 Å². The van der Waals surface area contributed by atoms with Gasteiger partial charge in [-0.2, -0.15) is 0 Å². The molecular formula is C18H21N3O2. The van der Waals surface area contributed by atoms with Crippen molar-refractivity contribution in [2.24, 2.45) is 7.05 Å². The minimum Gasteiger partial charge on any atom is -0.480 e. The van der Waals surface area contributed by atoms with Gasteiger partial charge in [-0.1, -0.05) is 18.2 Å². The summed E-state index contributed by atoms with van der Waals surface area (Å²) in [6, 6.07) is 7.92. The number of carbonyl (C=O) groups excluding carboxylic acids is 1. The highest BCUT2D eigenvalue weighted by atomic mass is 16.5. The van der Waals surface area contributed by atoms with Crippen molar-refractivity contribution >= 4 is 5.91 Å². The average Bonchev–Trinajstić information content (AvgIpc) is 3.20. The number of amides is 1. The molecule has 2 aliphatic heterocycles. The molecule has 3 heterocycles. The van der Waals surface area contributed by atoms with Crippen molar-refractivity contribution in [3.05, 3.63) is 48.0 Å². The highest BCUT2D eigenvalue weighted by molar-refractivity contribution is 5.82. The summed E-state index contributed by atoms with van der Waals surface area (Å²) in [5.41, 5.74) is 1.13. The Morgan fingerprint density at radius 1 is 1.26 bits per heavy atom. The van der Waals surface area contributed by atoms with Crippen molar-refractivity contribution in [2.45, 2.75) is 31.3 Å². The largest absolute Gasteiger partial charge is 0.480 e. The lowest BCUT2D eigenvalue weighted by molar-refractivity contribution is -0.139. The molecule has 120 valence electrons. The molecule has 0 aliphatic carbocycles. The van der Waals surface area contributed by atoms with E-state index in [9.17, 15) is 4.79 Å². The molecule has 0 saturated carbocycles. The fraction of sp³-hybridized carbons (Fsp3) is 0.444. The number of benzene rings is 1. The summed E-state index contributed by atoms with van der Waals surface area (Å²) in [7, 11) is 2.03. The van der Waals surface area contributed by atoms with Crippen LogP contribution in [0.1, 0.15) is 30.1 Å². The van der Waals surface area contributed by atoms with Gasteiger partial charge >= 0.3 is 0 Å². The highest BCUT2D eigenvalue weighted by Crippen LogP contribution is 2.31. The lowest BCUT2D eigenvalue weighted by Gasteiger charge is -2.33. The van der Waals surface area contributed by atoms with Gasteiger partial charge in [0.25, 0.3) is 5.91 Å². The summed E-state index contributed by atoms with van der Waals surface area (Å²) in [6.45, 7) is 1.57. The Morgan fingerprint density at radius 2 is 2.04 bits per heavy atom. The predicted molar refractivity (Wildman–Crippen MR) is 86.3 cm³/mol. The first-order valence-electron chi connectivity index (χ1n) is 8.23. The number of ether oxygens (including phenoxy) is 1. The third kappa shape index (κ3) is 2.60. The SMILES string of the molecule is Cn1ccnc1C1CCN(C(=O)C2Cc3ccccc3O2)CC1. The second-order valence-electron chi connectivity index (χ2n) is 6.41. The molecule has 0 bridgehead atoms. The van der Waals surface area contributed by atoms with Gasteiger partial charge in [-0.05, 0) is 24.5 Å². The molecule has 1 fully saturated rings. The van der Waals surface area contributed by atoms with Gasteiger partial charge in [0.05, 0.1) is 0 Å². The molecule has 5 heteroatoms. The summed E-state index contributed by atoms with van der Waals surface area (Å²) in [5.74, 6) is 2.55. The van der Waals surface area contributed by atoms with E-state index < -0.39 is 0 Å². The zero-order chi connectivity index (χ0) is 15.8. The summed E-state index contributed by atoms with van der Waals surface area (Å²) in [4.78, 5) is 19.1. The number of piperidine rings is 1. The second-order valence-corrected chi connectivity index (χ2v) is 6.41. The number of hydrogen-bond donors (Lipinski definition) is 0. The number of aryl methyl sites for hydroxylation is 1. The number of aromatic nitrogens is 2. The van der Waals surface area contributed by atoms with Crippen LogP contribution in [0.15, 0.2) is 36.7 Å². The van der Waals surface area contributed by atoms with E-state index in [1.54, 1.807) is 0 Å². The van der Waals surface area contributed by atoms with Gasteiger partial charge in [0.2, 0.25) is 0 Å². The smallest absolute Gasteiger partial charge is 0.263 e. The van der Waals surface area contributed by atoms with Gasteiger partial charge in [0.1, 0.15) is 11.6 Å². The van der Waals surface area contributed by atoms with Crippen LogP contribution < -0.4 is 4.74 Å². The standard InChI is InChI=1S/C18H21N3O2/c1-20-11-8-19-17(20)13-6-9-21(10-7-13)18(22)16-12-14-4-2-3-5-15(14)23-16/h2-5,8,11,13,16H,6-7,9-10,12H2,1H3. The second kappa shape index (κ2) is 5.72. The number of likely N-dealkylation sites (tertiary alicyclic amines) is 1. The molecule has 1 aromatic heterocycles. The topological polar surface area (TPSA) is 47.4 Å². The van der Waals surface area contributed by atoms with Gasteiger partial charge < -0.3 is 14.2 Å². The molecular weight excluding hydrogens is 290 g/mol. The number of para-hydroxylation sites is 1. The minimum atomic E-state index is -0.350. The molecule has 1 amide bonds. The molecule has 1 atom stereocenters. The van der Waals surface area contributed by atoms with Crippen LogP contribution in [-0.2, 0) is 18.3 Å². The summed E-state index contributed by atoms with van der Waals surface area (Å²) < 4.78 is 7.91. The third-order valence-corrected chi connectivity index (χ3v) is 4.95. The molecule has 0 N–H and O–H groups in total. The lowest BCUT2D eigenvalue weighted by atomic mass is 9.95. The Morgan fingerprint density at radius 3 is 2.74 bits per heavy atom. The number of hydrogen-bond acceptors (Lipinski definition) is 3. The number of nitrogens with zero attached hydrogens (tertiary/aromatic N) is 3. The zero-order valence-electron chi connectivity index (χ0n) is 13.3. The zero-order valence-corrected chi connectivity index (χ0v) is 13.3. The van der Waals surface area contributed by atoms with E-state index in [0.29, 0.717) is 12.3 Å². The number of fused-ring (bicyclic) bond motifs is 1. The number of imidazole rings is 1. The van der Waals surface area contributed by atoms with Crippen LogP contribution in [0.3, 0.4) is 0 Å². The molecule has 1 aromatic carbocycles. The third-order valence-electron chi connectivity index (χ3n) is 4.95. The molecule has 0 radical (unpaired) electrons. The first-order valence-corrected chi connectivity index (χ1v) is 8.23. The Balaban J connectivity index is 1.38. The van der Waals surface area contributed by atoms with Crippen molar-refractivity contribution in [3.8, 4) is 5.75 Å². The Hall–Kier alpha value is -2.30. The minimum absolute atomic E-state index is 0.125. The van der Waals surface area contributed by atoms with Gasteiger partial charge in [0, 0.05) is 44.9 Å². The van der Waals surface area contributed by atoms with Crippen LogP contribution in [0.2, 0.25) is 0 Å². The average molecular weight is 311 g/mol. The Kier molecular flexibility index (Phi) is 3.56. The van der Waals surface area contributed by atoms with E-state index in [-0.39, 0.29) is 12.0 Å². The van der Waals surface area contributed by atoms with Gasteiger partial charge in [-0.25, -0.2) is 4.98 Å². The Bertz CT molecular complexity index is 692. The molecule has 1 unspecified atom stereocenters. The van der Waals surface area contributed by atoms with Crippen LogP contribution in [0.4, 0.5) is 0 Å². The Labute approximate surface area is 135 Å². The molecule has 0 spiro atoms. The van der Waals surface area contributed by atoms with Crippen LogP contribution in [0.5, 0.6) is 5.75 Å². The van der Waals surface area contributed by atoms with Crippen LogP contribution in [0.25, 0.3) is 0 Å². The molecule has 5 nitrogen and oxygen atoms in total. The van der Waals surface area contributed by atoms with Gasteiger partial charge in [0.15, 0.2) is 6.10 Å². The van der Waals surface area contributed by atoms with Crippen molar-refractivity contribution in [1.29, 1.82) is 0 Å². The first kappa shape index (κ1) is 14.3. The van der Waals surface area contributed by atoms with E-state index in [2.05, 4.69) is 9.55 Å². The van der Waals surface area contributed by atoms with Gasteiger partial charge in [-0.3, -0.25) is 4.79 Å². The van der Waals surface area contributed by atoms with Crippen LogP contribution in [-0.4, -0.2) is 39.6 Å². The van der Waals surface area contributed by atoms with Crippen molar-refractivity contribution in [2.75, 3.05) is 13.1 Å². The molecule has 1 saturated heterocycles. The molecule has 2 aromatic rings. The van der Waals surface area contributed by atoms with E-state index in [0.717, 1.165) is 43.1 Å². The van der Waals surface area contributed by atoms with Crippen molar-refractivity contribution < 1.29 is 9.53 Å². The normalized spacial score (nSPS) is 21.1. The first-order chi connectivity index (χ1) is 11.2. The molecule has 23 heavy (non-hydrogen) atoms. The molecule has 2 aliphatic rings. The van der Waals surface area contributed by atoms with E-state index >= 15 is 0 Å². The van der Waals surface area contributed by atoms with E-state index in [1.807, 2.05) is 48.6 Å². The monoisotopic (exact) mass is 311 g/mol. The lowest BCUT2D eigenvalue weighted by Crippen LogP contribution is -2.45. The fourth-order valence-corrected chi connectivity index (χ4v) is 3.65. The number of carbonyl (C=O) groups is 1. The number of rotatable bonds is 2. The van der Waals surface area contributed by atoms with E-state index in [4.69, 9.17) is 4.74 Å². The van der Waals surface area contributed by atoms with E-state index in [1.165, 1.54) is 0 Å².